The Kier molecular flexibility index (Phi) is 4.37. The minimum atomic E-state index is -0.876. The molecule has 0 aliphatic carbocycles. The SMILES string of the molecule is O=C(O)CCNc1ccc(CF)cc1Cl. The van der Waals surface area contributed by atoms with Crippen LogP contribution in [0.1, 0.15) is 12.0 Å². The van der Waals surface area contributed by atoms with Crippen molar-refractivity contribution in [2.75, 3.05) is 11.9 Å². The number of nitrogens with one attached hydrogen (secondary N) is 1. The highest BCUT2D eigenvalue weighted by atomic mass is 35.5. The third kappa shape index (κ3) is 3.75. The molecule has 82 valence electrons. The number of rotatable bonds is 5. The van der Waals surface area contributed by atoms with Gasteiger partial charge in [0.1, 0.15) is 6.67 Å². The zero-order chi connectivity index (χ0) is 11.3. The van der Waals surface area contributed by atoms with Crippen LogP contribution in [-0.2, 0) is 11.5 Å². The second-order valence-corrected chi connectivity index (χ2v) is 3.43. The molecule has 5 heteroatoms. The van der Waals surface area contributed by atoms with Crippen molar-refractivity contribution in [2.24, 2.45) is 0 Å². The Morgan fingerprint density at radius 1 is 1.53 bits per heavy atom. The summed E-state index contributed by atoms with van der Waals surface area (Å²) < 4.78 is 12.2. The van der Waals surface area contributed by atoms with Crippen molar-refractivity contribution in [1.29, 1.82) is 0 Å². The molecular formula is C10H11ClFNO2. The van der Waals surface area contributed by atoms with E-state index in [4.69, 9.17) is 16.7 Å². The Balaban J connectivity index is 2.58. The van der Waals surface area contributed by atoms with Gasteiger partial charge < -0.3 is 10.4 Å². The lowest BCUT2D eigenvalue weighted by Crippen LogP contribution is -2.07. The van der Waals surface area contributed by atoms with Crippen molar-refractivity contribution in [3.05, 3.63) is 28.8 Å². The van der Waals surface area contributed by atoms with Gasteiger partial charge in [-0.15, -0.1) is 0 Å². The van der Waals surface area contributed by atoms with Gasteiger partial charge in [-0.3, -0.25) is 4.79 Å². The maximum absolute atomic E-state index is 12.2. The molecule has 1 rings (SSSR count). The molecule has 0 aliphatic rings. The quantitative estimate of drug-likeness (QED) is 0.819. The highest BCUT2D eigenvalue weighted by Crippen LogP contribution is 2.23. The van der Waals surface area contributed by atoms with Crippen LogP contribution in [0, 0.1) is 0 Å². The summed E-state index contributed by atoms with van der Waals surface area (Å²) in [6.07, 6.45) is 0.0151. The van der Waals surface area contributed by atoms with E-state index >= 15 is 0 Å². The summed E-state index contributed by atoms with van der Waals surface area (Å²) in [4.78, 5) is 10.3. The van der Waals surface area contributed by atoms with Crippen LogP contribution in [0.5, 0.6) is 0 Å². The van der Waals surface area contributed by atoms with Crippen molar-refractivity contribution in [2.45, 2.75) is 13.1 Å². The van der Waals surface area contributed by atoms with Gasteiger partial charge in [0, 0.05) is 6.54 Å². The minimum absolute atomic E-state index is 0.0151. The van der Waals surface area contributed by atoms with Gasteiger partial charge in [0.15, 0.2) is 0 Å². The molecule has 3 nitrogen and oxygen atoms in total. The first-order chi connectivity index (χ1) is 7.13. The number of aliphatic carboxylic acids is 1. The molecule has 0 amide bonds. The molecule has 1 aromatic rings. The van der Waals surface area contributed by atoms with Crippen molar-refractivity contribution >= 4 is 23.3 Å². The first kappa shape index (κ1) is 11.8. The molecular weight excluding hydrogens is 221 g/mol. The molecule has 0 saturated carbocycles. The molecule has 0 heterocycles. The summed E-state index contributed by atoms with van der Waals surface area (Å²) in [6.45, 7) is -0.265. The number of halogens is 2. The Morgan fingerprint density at radius 2 is 2.27 bits per heavy atom. The van der Waals surface area contributed by atoms with Crippen molar-refractivity contribution in [3.63, 3.8) is 0 Å². The van der Waals surface area contributed by atoms with Crippen LogP contribution in [0.3, 0.4) is 0 Å². The summed E-state index contributed by atoms with van der Waals surface area (Å²) in [5.41, 5.74) is 1.12. The van der Waals surface area contributed by atoms with Crippen LogP contribution in [0.2, 0.25) is 5.02 Å². The first-order valence-electron chi connectivity index (χ1n) is 4.43. The molecule has 0 aromatic heterocycles. The summed E-state index contributed by atoms with van der Waals surface area (Å²) in [7, 11) is 0. The van der Waals surface area contributed by atoms with E-state index in [0.29, 0.717) is 22.8 Å². The number of alkyl halides is 1. The number of hydrogen-bond acceptors (Lipinski definition) is 2. The van der Waals surface area contributed by atoms with E-state index in [-0.39, 0.29) is 6.42 Å². The van der Waals surface area contributed by atoms with Crippen LogP contribution in [0.25, 0.3) is 0 Å². The first-order valence-corrected chi connectivity index (χ1v) is 4.81. The Morgan fingerprint density at radius 3 is 2.80 bits per heavy atom. The minimum Gasteiger partial charge on any atom is -0.481 e. The maximum Gasteiger partial charge on any atom is 0.305 e. The zero-order valence-electron chi connectivity index (χ0n) is 7.96. The van der Waals surface area contributed by atoms with Gasteiger partial charge in [-0.25, -0.2) is 4.39 Å². The van der Waals surface area contributed by atoms with Crippen molar-refractivity contribution in [1.82, 2.24) is 0 Å². The molecule has 0 bridgehead atoms. The van der Waals surface area contributed by atoms with Crippen LogP contribution < -0.4 is 5.32 Å². The van der Waals surface area contributed by atoms with Gasteiger partial charge in [-0.05, 0) is 17.7 Å². The fourth-order valence-corrected chi connectivity index (χ4v) is 1.36. The zero-order valence-corrected chi connectivity index (χ0v) is 8.72. The molecule has 0 aliphatic heterocycles. The highest BCUT2D eigenvalue weighted by molar-refractivity contribution is 6.33. The van der Waals surface area contributed by atoms with Gasteiger partial charge >= 0.3 is 5.97 Å². The molecule has 2 N–H and O–H groups in total. The number of anilines is 1. The van der Waals surface area contributed by atoms with E-state index in [0.717, 1.165) is 0 Å². The smallest absolute Gasteiger partial charge is 0.305 e. The molecule has 15 heavy (non-hydrogen) atoms. The molecule has 1 aromatic carbocycles. The average Bonchev–Trinajstić information content (AvgIpc) is 2.20. The lowest BCUT2D eigenvalue weighted by Gasteiger charge is -2.07. The van der Waals surface area contributed by atoms with E-state index in [2.05, 4.69) is 5.32 Å². The fraction of sp³-hybridized carbons (Fsp3) is 0.300. The molecule has 0 atom stereocenters. The van der Waals surface area contributed by atoms with Gasteiger partial charge in [0.05, 0.1) is 17.1 Å². The predicted octanol–water partition coefficient (Wildman–Crippen LogP) is 2.70. The number of carboxylic acid groups (broad SMARTS) is 1. The summed E-state index contributed by atoms with van der Waals surface area (Å²) in [5, 5.41) is 11.7. The summed E-state index contributed by atoms with van der Waals surface area (Å²) >= 11 is 5.85. The van der Waals surface area contributed by atoms with Gasteiger partial charge in [-0.2, -0.15) is 0 Å². The fourth-order valence-electron chi connectivity index (χ4n) is 1.09. The third-order valence-electron chi connectivity index (χ3n) is 1.84. The van der Waals surface area contributed by atoms with Gasteiger partial charge in [0.2, 0.25) is 0 Å². The number of hydrogen-bond donors (Lipinski definition) is 2. The van der Waals surface area contributed by atoms with E-state index in [9.17, 15) is 9.18 Å². The molecule has 0 radical (unpaired) electrons. The highest BCUT2D eigenvalue weighted by Gasteiger charge is 2.02. The normalized spacial score (nSPS) is 10.0. The molecule has 0 spiro atoms. The largest absolute Gasteiger partial charge is 0.481 e. The Hall–Kier alpha value is -1.29. The number of benzene rings is 1. The van der Waals surface area contributed by atoms with E-state index < -0.39 is 12.6 Å². The molecule has 0 fully saturated rings. The number of carboxylic acids is 1. The van der Waals surface area contributed by atoms with Crippen molar-refractivity contribution in [3.8, 4) is 0 Å². The molecule has 0 unspecified atom stereocenters. The van der Waals surface area contributed by atoms with Gasteiger partial charge in [0.25, 0.3) is 0 Å². The Labute approximate surface area is 91.9 Å². The van der Waals surface area contributed by atoms with E-state index in [1.54, 1.807) is 12.1 Å². The van der Waals surface area contributed by atoms with E-state index in [1.807, 2.05) is 0 Å². The summed E-state index contributed by atoms with van der Waals surface area (Å²) in [5.74, 6) is -0.876. The lowest BCUT2D eigenvalue weighted by atomic mass is 10.2. The van der Waals surface area contributed by atoms with Crippen LogP contribution in [-0.4, -0.2) is 17.6 Å². The summed E-state index contributed by atoms with van der Waals surface area (Å²) in [6, 6.07) is 4.76. The van der Waals surface area contributed by atoms with E-state index in [1.165, 1.54) is 6.07 Å². The predicted molar refractivity (Wildman–Crippen MR) is 57.0 cm³/mol. The second kappa shape index (κ2) is 5.56. The standard InChI is InChI=1S/C10H11ClFNO2/c11-8-5-7(6-12)1-2-9(8)13-4-3-10(14)15/h1-2,5,13H,3-4,6H2,(H,14,15). The topological polar surface area (TPSA) is 49.3 Å². The average molecular weight is 232 g/mol. The van der Waals surface area contributed by atoms with Crippen LogP contribution in [0.4, 0.5) is 10.1 Å². The monoisotopic (exact) mass is 231 g/mol. The van der Waals surface area contributed by atoms with Crippen LogP contribution in [0.15, 0.2) is 18.2 Å². The van der Waals surface area contributed by atoms with Crippen molar-refractivity contribution < 1.29 is 14.3 Å². The second-order valence-electron chi connectivity index (χ2n) is 3.02. The van der Waals surface area contributed by atoms with Crippen LogP contribution >= 0.6 is 11.6 Å². The number of carbonyl (C=O) groups is 1. The maximum atomic E-state index is 12.2. The Bertz CT molecular complexity index is 357. The lowest BCUT2D eigenvalue weighted by molar-refractivity contribution is -0.136. The third-order valence-corrected chi connectivity index (χ3v) is 2.15. The van der Waals surface area contributed by atoms with Gasteiger partial charge in [-0.1, -0.05) is 17.7 Å². The molecule has 0 saturated heterocycles.